The summed E-state index contributed by atoms with van der Waals surface area (Å²) in [5.41, 5.74) is 2.86. The molecule has 2 aromatic rings. The van der Waals surface area contributed by atoms with E-state index in [0.717, 1.165) is 6.54 Å². The van der Waals surface area contributed by atoms with Crippen molar-refractivity contribution in [1.29, 1.82) is 0 Å². The maximum atomic E-state index is 4.20. The van der Waals surface area contributed by atoms with Crippen LogP contribution in [0.1, 0.15) is 38.7 Å². The molecule has 4 heteroatoms. The lowest BCUT2D eigenvalue weighted by Gasteiger charge is -2.27. The number of hydrogen-bond acceptors (Lipinski definition) is 3. The van der Waals surface area contributed by atoms with Crippen LogP contribution >= 0.6 is 11.3 Å². The van der Waals surface area contributed by atoms with Crippen LogP contribution in [0, 0.1) is 5.41 Å². The molecular formula is C15H21N3S. The first-order valence-corrected chi connectivity index (χ1v) is 7.84. The highest BCUT2D eigenvalue weighted by atomic mass is 32.1. The quantitative estimate of drug-likeness (QED) is 0.891. The molecule has 2 aromatic heterocycles. The third-order valence-corrected chi connectivity index (χ3v) is 5.17. The Morgan fingerprint density at radius 2 is 2.42 bits per heavy atom. The molecule has 102 valence electrons. The average molecular weight is 275 g/mol. The molecule has 1 fully saturated rings. The van der Waals surface area contributed by atoms with Gasteiger partial charge in [-0.1, -0.05) is 26.3 Å². The van der Waals surface area contributed by atoms with Gasteiger partial charge in [-0.05, 0) is 29.7 Å². The summed E-state index contributed by atoms with van der Waals surface area (Å²) < 4.78 is 0. The molecule has 3 rings (SSSR count). The van der Waals surface area contributed by atoms with E-state index in [-0.39, 0.29) is 0 Å². The summed E-state index contributed by atoms with van der Waals surface area (Å²) in [7, 11) is 0. The lowest BCUT2D eigenvalue weighted by Crippen LogP contribution is -2.37. The molecule has 19 heavy (non-hydrogen) atoms. The van der Waals surface area contributed by atoms with Crippen LogP contribution in [0.5, 0.6) is 0 Å². The highest BCUT2D eigenvalue weighted by molar-refractivity contribution is 7.13. The minimum absolute atomic E-state index is 0.423. The predicted molar refractivity (Wildman–Crippen MR) is 80.2 cm³/mol. The Bertz CT molecular complexity index is 527. The molecule has 0 aliphatic heterocycles. The molecule has 1 unspecified atom stereocenters. The molecule has 3 nitrogen and oxygen atoms in total. The van der Waals surface area contributed by atoms with Crippen molar-refractivity contribution in [2.45, 2.75) is 45.7 Å². The highest BCUT2D eigenvalue weighted by Gasteiger charge is 2.33. The zero-order valence-electron chi connectivity index (χ0n) is 11.6. The second kappa shape index (κ2) is 5.10. The number of aromatic nitrogens is 2. The molecule has 1 aliphatic carbocycles. The van der Waals surface area contributed by atoms with Gasteiger partial charge in [0.25, 0.3) is 0 Å². The first kappa shape index (κ1) is 12.9. The van der Waals surface area contributed by atoms with Gasteiger partial charge in [-0.3, -0.25) is 5.10 Å². The van der Waals surface area contributed by atoms with Crippen molar-refractivity contribution >= 4 is 11.3 Å². The van der Waals surface area contributed by atoms with E-state index in [1.807, 2.05) is 6.20 Å². The largest absolute Gasteiger partial charge is 0.309 e. The van der Waals surface area contributed by atoms with E-state index >= 15 is 0 Å². The van der Waals surface area contributed by atoms with Crippen LogP contribution in [0.3, 0.4) is 0 Å². The van der Waals surface area contributed by atoms with Gasteiger partial charge in [0.1, 0.15) is 0 Å². The topological polar surface area (TPSA) is 40.7 Å². The molecule has 0 spiro atoms. The molecular weight excluding hydrogens is 254 g/mol. The maximum Gasteiger partial charge on any atom is 0.0794 e. The third kappa shape index (κ3) is 2.60. The minimum Gasteiger partial charge on any atom is -0.309 e. The normalized spacial score (nSPS) is 21.9. The van der Waals surface area contributed by atoms with Gasteiger partial charge in [-0.15, -0.1) is 11.3 Å². The van der Waals surface area contributed by atoms with Crippen molar-refractivity contribution in [2.24, 2.45) is 5.41 Å². The van der Waals surface area contributed by atoms with Crippen molar-refractivity contribution in [3.8, 4) is 10.6 Å². The van der Waals surface area contributed by atoms with Crippen LogP contribution in [0.4, 0.5) is 0 Å². The molecule has 0 bridgehead atoms. The van der Waals surface area contributed by atoms with Crippen molar-refractivity contribution in [1.82, 2.24) is 15.5 Å². The van der Waals surface area contributed by atoms with Gasteiger partial charge in [0.15, 0.2) is 0 Å². The summed E-state index contributed by atoms with van der Waals surface area (Å²) in [6.07, 6.45) is 5.91. The van der Waals surface area contributed by atoms with Crippen LogP contribution < -0.4 is 5.32 Å². The van der Waals surface area contributed by atoms with Gasteiger partial charge in [-0.2, -0.15) is 5.10 Å². The van der Waals surface area contributed by atoms with Crippen LogP contribution in [0.25, 0.3) is 10.6 Å². The van der Waals surface area contributed by atoms with Crippen LogP contribution in [0.15, 0.2) is 23.7 Å². The number of thiophene rings is 1. The zero-order chi connectivity index (χ0) is 13.3. The summed E-state index contributed by atoms with van der Waals surface area (Å²) in [4.78, 5) is 1.26. The maximum absolute atomic E-state index is 4.20. The van der Waals surface area contributed by atoms with Crippen LogP contribution in [-0.2, 0) is 6.54 Å². The Kier molecular flexibility index (Phi) is 3.46. The predicted octanol–water partition coefficient (Wildman–Crippen LogP) is 3.81. The second-order valence-electron chi connectivity index (χ2n) is 6.06. The molecule has 0 saturated heterocycles. The molecule has 2 N–H and O–H groups in total. The Morgan fingerprint density at radius 1 is 1.53 bits per heavy atom. The zero-order valence-corrected chi connectivity index (χ0v) is 12.4. The van der Waals surface area contributed by atoms with E-state index in [2.05, 4.69) is 46.9 Å². The summed E-state index contributed by atoms with van der Waals surface area (Å²) in [6.45, 7) is 5.64. The van der Waals surface area contributed by atoms with E-state index in [1.165, 1.54) is 35.4 Å². The SMILES string of the molecule is CC1(C)CCCC1NCc1cn[nH]c1-c1cccs1. The molecule has 0 aromatic carbocycles. The number of H-pyrrole nitrogens is 1. The van der Waals surface area contributed by atoms with Gasteiger partial charge in [0, 0.05) is 18.2 Å². The van der Waals surface area contributed by atoms with Crippen molar-refractivity contribution in [2.75, 3.05) is 0 Å². The van der Waals surface area contributed by atoms with E-state index < -0.39 is 0 Å². The second-order valence-corrected chi connectivity index (χ2v) is 7.01. The monoisotopic (exact) mass is 275 g/mol. The fourth-order valence-electron chi connectivity index (χ4n) is 3.02. The first-order valence-electron chi connectivity index (χ1n) is 6.96. The Morgan fingerprint density at radius 3 is 3.11 bits per heavy atom. The first-order chi connectivity index (χ1) is 9.17. The number of nitrogens with zero attached hydrogens (tertiary/aromatic N) is 1. The summed E-state index contributed by atoms with van der Waals surface area (Å²) in [5, 5.41) is 13.2. The van der Waals surface area contributed by atoms with Gasteiger partial charge < -0.3 is 5.32 Å². The highest BCUT2D eigenvalue weighted by Crippen LogP contribution is 2.37. The molecule has 1 atom stereocenters. The van der Waals surface area contributed by atoms with Crippen molar-refractivity contribution < 1.29 is 0 Å². The fourth-order valence-corrected chi connectivity index (χ4v) is 3.77. The number of rotatable bonds is 4. The smallest absolute Gasteiger partial charge is 0.0794 e. The number of nitrogens with one attached hydrogen (secondary N) is 2. The molecule has 2 heterocycles. The van der Waals surface area contributed by atoms with E-state index in [0.29, 0.717) is 11.5 Å². The van der Waals surface area contributed by atoms with Gasteiger partial charge >= 0.3 is 0 Å². The van der Waals surface area contributed by atoms with E-state index in [4.69, 9.17) is 0 Å². The summed E-state index contributed by atoms with van der Waals surface area (Å²) >= 11 is 1.75. The van der Waals surface area contributed by atoms with Gasteiger partial charge in [-0.25, -0.2) is 0 Å². The molecule has 1 saturated carbocycles. The van der Waals surface area contributed by atoms with Crippen LogP contribution in [0.2, 0.25) is 0 Å². The number of hydrogen-bond donors (Lipinski definition) is 2. The number of aromatic amines is 1. The molecule has 1 aliphatic rings. The van der Waals surface area contributed by atoms with Crippen molar-refractivity contribution in [3.63, 3.8) is 0 Å². The lowest BCUT2D eigenvalue weighted by molar-refractivity contribution is 0.282. The van der Waals surface area contributed by atoms with Crippen molar-refractivity contribution in [3.05, 3.63) is 29.3 Å². The summed E-state index contributed by atoms with van der Waals surface area (Å²) in [5.74, 6) is 0. The molecule has 0 radical (unpaired) electrons. The summed E-state index contributed by atoms with van der Waals surface area (Å²) in [6, 6.07) is 4.85. The minimum atomic E-state index is 0.423. The van der Waals surface area contributed by atoms with Gasteiger partial charge in [0.2, 0.25) is 0 Å². The Hall–Kier alpha value is -1.13. The average Bonchev–Trinajstić information content (AvgIpc) is 3.05. The Balaban J connectivity index is 1.70. The van der Waals surface area contributed by atoms with E-state index in [1.54, 1.807) is 11.3 Å². The third-order valence-electron chi connectivity index (χ3n) is 4.28. The van der Waals surface area contributed by atoms with E-state index in [9.17, 15) is 0 Å². The lowest BCUT2D eigenvalue weighted by atomic mass is 9.87. The Labute approximate surface area is 118 Å². The fraction of sp³-hybridized carbons (Fsp3) is 0.533. The van der Waals surface area contributed by atoms with Crippen LogP contribution in [-0.4, -0.2) is 16.2 Å². The molecule has 0 amide bonds. The van der Waals surface area contributed by atoms with Gasteiger partial charge in [0.05, 0.1) is 16.8 Å². The standard InChI is InChI=1S/C15H21N3S/c1-15(2)7-3-6-13(15)16-9-11-10-17-18-14(11)12-5-4-8-19-12/h4-5,8,10,13,16H,3,6-7,9H2,1-2H3,(H,17,18).